The predicted molar refractivity (Wildman–Crippen MR) is 78.5 cm³/mol. The van der Waals surface area contributed by atoms with Gasteiger partial charge in [0.05, 0.1) is 10.5 Å². The number of nitrogens with one attached hydrogen (secondary N) is 1. The predicted octanol–water partition coefficient (Wildman–Crippen LogP) is 3.23. The molecule has 0 aromatic heterocycles. The van der Waals surface area contributed by atoms with Crippen LogP contribution in [0.2, 0.25) is 0 Å². The lowest BCUT2D eigenvalue weighted by molar-refractivity contribution is -0.387. The first-order chi connectivity index (χ1) is 11.5. The van der Waals surface area contributed by atoms with Crippen molar-refractivity contribution in [3.8, 4) is 0 Å². The SMILES string of the molecule is O=[N+]([O-])c1ccccc1S(=O)(=O)NCc1cccc(C(F)(F)F)c1F. The van der Waals surface area contributed by atoms with Crippen LogP contribution in [0.1, 0.15) is 11.1 Å². The van der Waals surface area contributed by atoms with Gasteiger partial charge in [0.1, 0.15) is 5.82 Å². The molecule has 0 saturated heterocycles. The fourth-order valence-corrected chi connectivity index (χ4v) is 3.20. The van der Waals surface area contributed by atoms with Crippen LogP contribution in [0.25, 0.3) is 0 Å². The largest absolute Gasteiger partial charge is 0.419 e. The molecule has 2 aromatic rings. The highest BCUT2D eigenvalue weighted by Gasteiger charge is 2.35. The van der Waals surface area contributed by atoms with Crippen molar-refractivity contribution < 1.29 is 30.9 Å². The van der Waals surface area contributed by atoms with E-state index in [9.17, 15) is 36.1 Å². The van der Waals surface area contributed by atoms with E-state index >= 15 is 0 Å². The normalized spacial score (nSPS) is 12.2. The second-order valence-electron chi connectivity index (χ2n) is 4.83. The highest BCUT2D eigenvalue weighted by molar-refractivity contribution is 7.89. The van der Waals surface area contributed by atoms with E-state index in [2.05, 4.69) is 0 Å². The molecule has 6 nitrogen and oxygen atoms in total. The van der Waals surface area contributed by atoms with Gasteiger partial charge in [-0.2, -0.15) is 13.2 Å². The maximum absolute atomic E-state index is 13.9. The van der Waals surface area contributed by atoms with Crippen LogP contribution < -0.4 is 4.72 Å². The van der Waals surface area contributed by atoms with Gasteiger partial charge in [0.2, 0.25) is 10.0 Å². The minimum absolute atomic E-state index is 0.523. The first kappa shape index (κ1) is 18.8. The van der Waals surface area contributed by atoms with Gasteiger partial charge in [0, 0.05) is 18.2 Å². The van der Waals surface area contributed by atoms with Gasteiger partial charge in [-0.05, 0) is 12.1 Å². The van der Waals surface area contributed by atoms with Crippen molar-refractivity contribution in [2.75, 3.05) is 0 Å². The van der Waals surface area contributed by atoms with Crippen molar-refractivity contribution in [1.29, 1.82) is 0 Å². The number of nitro benzene ring substituents is 1. The van der Waals surface area contributed by atoms with Crippen LogP contribution in [0.5, 0.6) is 0 Å². The van der Waals surface area contributed by atoms with Crippen LogP contribution in [0.3, 0.4) is 0 Å². The van der Waals surface area contributed by atoms with Crippen LogP contribution in [-0.2, 0) is 22.7 Å². The summed E-state index contributed by atoms with van der Waals surface area (Å²) in [4.78, 5) is 9.29. The fourth-order valence-electron chi connectivity index (χ4n) is 2.02. The van der Waals surface area contributed by atoms with Crippen LogP contribution in [0, 0.1) is 15.9 Å². The highest BCUT2D eigenvalue weighted by atomic mass is 32.2. The Balaban J connectivity index is 2.32. The number of sulfonamides is 1. The fraction of sp³-hybridized carbons (Fsp3) is 0.143. The van der Waals surface area contributed by atoms with Crippen LogP contribution >= 0.6 is 0 Å². The molecule has 0 fully saturated rings. The van der Waals surface area contributed by atoms with Gasteiger partial charge in [0.25, 0.3) is 5.69 Å². The quantitative estimate of drug-likeness (QED) is 0.491. The van der Waals surface area contributed by atoms with Gasteiger partial charge in [0.15, 0.2) is 4.90 Å². The second-order valence-corrected chi connectivity index (χ2v) is 6.56. The molecule has 0 heterocycles. The number of halogens is 4. The molecular weight excluding hydrogens is 368 g/mol. The molecule has 0 aliphatic carbocycles. The number of alkyl halides is 3. The summed E-state index contributed by atoms with van der Waals surface area (Å²) in [6.07, 6.45) is -4.93. The van der Waals surface area contributed by atoms with Gasteiger partial charge in [-0.3, -0.25) is 10.1 Å². The molecule has 0 unspecified atom stereocenters. The monoisotopic (exact) mass is 378 g/mol. The lowest BCUT2D eigenvalue weighted by Crippen LogP contribution is -2.25. The molecule has 0 saturated carbocycles. The van der Waals surface area contributed by atoms with Crippen LogP contribution in [0.4, 0.5) is 23.2 Å². The molecule has 11 heteroatoms. The Morgan fingerprint density at radius 2 is 1.72 bits per heavy atom. The Labute approximate surface area is 139 Å². The number of rotatable bonds is 5. The molecule has 0 amide bonds. The average molecular weight is 378 g/mol. The summed E-state index contributed by atoms with van der Waals surface area (Å²) >= 11 is 0. The lowest BCUT2D eigenvalue weighted by Gasteiger charge is -2.12. The molecule has 0 atom stereocenters. The molecule has 2 aromatic carbocycles. The smallest absolute Gasteiger partial charge is 0.258 e. The van der Waals surface area contributed by atoms with E-state index in [1.807, 2.05) is 4.72 Å². The van der Waals surface area contributed by atoms with Crippen molar-refractivity contribution >= 4 is 15.7 Å². The van der Waals surface area contributed by atoms with Crippen molar-refractivity contribution in [3.05, 3.63) is 69.5 Å². The Morgan fingerprint density at radius 3 is 2.32 bits per heavy atom. The molecular formula is C14H10F4N2O4S. The van der Waals surface area contributed by atoms with Crippen molar-refractivity contribution in [1.82, 2.24) is 4.72 Å². The van der Waals surface area contributed by atoms with E-state index in [4.69, 9.17) is 0 Å². The number of hydrogen-bond donors (Lipinski definition) is 1. The Morgan fingerprint density at radius 1 is 1.08 bits per heavy atom. The number of nitro groups is 1. The van der Waals surface area contributed by atoms with E-state index < -0.39 is 55.2 Å². The van der Waals surface area contributed by atoms with Gasteiger partial charge in [-0.1, -0.05) is 24.3 Å². The van der Waals surface area contributed by atoms with Crippen molar-refractivity contribution in [2.45, 2.75) is 17.6 Å². The third-order valence-electron chi connectivity index (χ3n) is 3.19. The Hall–Kier alpha value is -2.53. The highest BCUT2D eigenvalue weighted by Crippen LogP contribution is 2.32. The zero-order valence-electron chi connectivity index (χ0n) is 12.2. The van der Waals surface area contributed by atoms with Crippen LogP contribution in [0.15, 0.2) is 47.4 Å². The number of benzene rings is 2. The van der Waals surface area contributed by atoms with Gasteiger partial charge >= 0.3 is 6.18 Å². The van der Waals surface area contributed by atoms with E-state index in [0.29, 0.717) is 6.07 Å². The number of nitrogens with zero attached hydrogens (tertiary/aromatic N) is 1. The molecule has 0 spiro atoms. The summed E-state index contributed by atoms with van der Waals surface area (Å²) in [5, 5.41) is 10.9. The molecule has 0 aliphatic heterocycles. The van der Waals surface area contributed by atoms with Crippen molar-refractivity contribution in [2.24, 2.45) is 0 Å². The maximum Gasteiger partial charge on any atom is 0.419 e. The van der Waals surface area contributed by atoms with Gasteiger partial charge in [-0.15, -0.1) is 0 Å². The van der Waals surface area contributed by atoms with E-state index in [1.54, 1.807) is 0 Å². The first-order valence-corrected chi connectivity index (χ1v) is 8.10. The molecule has 25 heavy (non-hydrogen) atoms. The van der Waals surface area contributed by atoms with Crippen molar-refractivity contribution in [3.63, 3.8) is 0 Å². The minimum atomic E-state index is -4.93. The summed E-state index contributed by atoms with van der Waals surface area (Å²) < 4.78 is 78.1. The van der Waals surface area contributed by atoms with Crippen LogP contribution in [-0.4, -0.2) is 13.3 Å². The second kappa shape index (κ2) is 6.76. The van der Waals surface area contributed by atoms with E-state index in [-0.39, 0.29) is 0 Å². The molecule has 1 N–H and O–H groups in total. The van der Waals surface area contributed by atoms with Gasteiger partial charge in [-0.25, -0.2) is 17.5 Å². The first-order valence-electron chi connectivity index (χ1n) is 6.61. The maximum atomic E-state index is 13.9. The molecule has 134 valence electrons. The molecule has 0 bridgehead atoms. The van der Waals surface area contributed by atoms with E-state index in [0.717, 1.165) is 24.3 Å². The molecule has 2 rings (SSSR count). The summed E-state index contributed by atoms with van der Waals surface area (Å²) in [7, 11) is -4.44. The minimum Gasteiger partial charge on any atom is -0.258 e. The van der Waals surface area contributed by atoms with E-state index in [1.165, 1.54) is 12.1 Å². The third-order valence-corrected chi connectivity index (χ3v) is 4.64. The number of para-hydroxylation sites is 1. The summed E-state index contributed by atoms with van der Waals surface area (Å²) in [5.41, 5.74) is -2.79. The average Bonchev–Trinajstić information content (AvgIpc) is 2.52. The lowest BCUT2D eigenvalue weighted by atomic mass is 10.1. The molecule has 0 aliphatic rings. The summed E-state index contributed by atoms with van der Waals surface area (Å²) in [6, 6.07) is 6.85. The summed E-state index contributed by atoms with van der Waals surface area (Å²) in [5.74, 6) is -1.61. The Bertz CT molecular complexity index is 913. The Kier molecular flexibility index (Phi) is 5.09. The standard InChI is InChI=1S/C14H10F4N2O4S/c15-13-9(4-3-5-10(13)14(16,17)18)8-19-25(23,24)12-7-2-1-6-11(12)20(21)22/h1-7,19H,8H2. The summed E-state index contributed by atoms with van der Waals surface area (Å²) in [6.45, 7) is -0.801. The zero-order chi connectivity index (χ0) is 18.8. The van der Waals surface area contributed by atoms with Gasteiger partial charge < -0.3 is 0 Å². The molecule has 0 radical (unpaired) electrons. The number of hydrogen-bond acceptors (Lipinski definition) is 4. The topological polar surface area (TPSA) is 89.3 Å². The third kappa shape index (κ3) is 4.12. The zero-order valence-corrected chi connectivity index (χ0v) is 13.1.